The quantitative estimate of drug-likeness (QED) is 0.620. The molecule has 0 aliphatic carbocycles. The smallest absolute Gasteiger partial charge is 0.414 e. The van der Waals surface area contributed by atoms with Gasteiger partial charge in [0, 0.05) is 29.8 Å². The number of ether oxygens (including phenoxy) is 1. The predicted molar refractivity (Wildman–Crippen MR) is 107 cm³/mol. The Balaban J connectivity index is 1.85. The van der Waals surface area contributed by atoms with Crippen molar-refractivity contribution >= 4 is 34.1 Å². The molecule has 2 aromatic carbocycles. The van der Waals surface area contributed by atoms with Gasteiger partial charge in [0.15, 0.2) is 0 Å². The van der Waals surface area contributed by atoms with E-state index >= 15 is 0 Å². The molecule has 0 aliphatic heterocycles. The van der Waals surface area contributed by atoms with Gasteiger partial charge in [0.25, 0.3) is 0 Å². The average Bonchev–Trinajstić information content (AvgIpc) is 2.98. The molecule has 1 aromatic heterocycles. The Morgan fingerprint density at radius 1 is 1.19 bits per heavy atom. The zero-order valence-electron chi connectivity index (χ0n) is 16.2. The number of benzene rings is 2. The third-order valence-corrected chi connectivity index (χ3v) is 4.09. The summed E-state index contributed by atoms with van der Waals surface area (Å²) in [5.41, 5.74) is 3.02. The van der Waals surface area contributed by atoms with Crippen LogP contribution in [-0.4, -0.2) is 23.7 Å². The van der Waals surface area contributed by atoms with Gasteiger partial charge in [-0.1, -0.05) is 6.07 Å². The number of aromatic nitrogens is 1. The van der Waals surface area contributed by atoms with E-state index in [9.17, 15) is 9.18 Å². The van der Waals surface area contributed by atoms with E-state index in [-0.39, 0.29) is 5.82 Å². The maximum absolute atomic E-state index is 14.1. The number of rotatable bonds is 3. The summed E-state index contributed by atoms with van der Waals surface area (Å²) in [4.78, 5) is 16.9. The van der Waals surface area contributed by atoms with E-state index in [0.717, 1.165) is 22.2 Å². The van der Waals surface area contributed by atoms with Crippen molar-refractivity contribution in [2.45, 2.75) is 33.3 Å². The Labute approximate surface area is 158 Å². The molecule has 0 atom stereocenters. The van der Waals surface area contributed by atoms with Crippen molar-refractivity contribution in [3.63, 3.8) is 0 Å². The number of H-pyrrole nitrogens is 1. The monoisotopic (exact) mass is 369 g/mol. The number of carbonyl (C=O) groups excluding carboxylic acids is 1. The van der Waals surface area contributed by atoms with Crippen LogP contribution < -0.4 is 10.2 Å². The minimum atomic E-state index is -0.563. The lowest BCUT2D eigenvalue weighted by atomic mass is 10.2. The maximum Gasteiger partial charge on any atom is 0.414 e. The minimum Gasteiger partial charge on any atom is -0.443 e. The molecule has 0 saturated heterocycles. The van der Waals surface area contributed by atoms with Gasteiger partial charge in [-0.05, 0) is 63.6 Å². The number of carbonyl (C=O) groups is 1. The largest absolute Gasteiger partial charge is 0.443 e. The molecule has 2 N–H and O–H groups in total. The summed E-state index contributed by atoms with van der Waals surface area (Å²) in [5, 5.41) is 3.96. The van der Waals surface area contributed by atoms with Crippen molar-refractivity contribution in [2.75, 3.05) is 17.3 Å². The summed E-state index contributed by atoms with van der Waals surface area (Å²) in [6.07, 6.45) is 1.33. The van der Waals surface area contributed by atoms with Crippen LogP contribution in [0.1, 0.15) is 26.3 Å². The third-order valence-electron chi connectivity index (χ3n) is 4.09. The Kier molecular flexibility index (Phi) is 4.83. The fourth-order valence-electron chi connectivity index (χ4n) is 2.77. The molecular weight excluding hydrogens is 345 g/mol. The van der Waals surface area contributed by atoms with Gasteiger partial charge in [0.2, 0.25) is 0 Å². The van der Waals surface area contributed by atoms with Crippen molar-refractivity contribution in [1.29, 1.82) is 0 Å². The number of nitrogens with zero attached hydrogens (tertiary/aromatic N) is 1. The number of aromatic amines is 1. The Bertz CT molecular complexity index is 989. The summed E-state index contributed by atoms with van der Waals surface area (Å²) in [5.74, 6) is -0.299. The standard InChI is InChI=1S/C21H24FN3O2/c1-13-6-9-17(16(22)10-13)24-14-7-8-15-18(11-14)23-12-19(15)25(5)20(26)27-21(2,3)4/h6-12,23-24H,1-5H3. The highest BCUT2D eigenvalue weighted by molar-refractivity contribution is 6.01. The van der Waals surface area contributed by atoms with Crippen molar-refractivity contribution < 1.29 is 13.9 Å². The van der Waals surface area contributed by atoms with Crippen molar-refractivity contribution in [3.8, 4) is 0 Å². The van der Waals surface area contributed by atoms with Gasteiger partial charge in [0.1, 0.15) is 11.4 Å². The maximum atomic E-state index is 14.1. The van der Waals surface area contributed by atoms with Gasteiger partial charge in [-0.3, -0.25) is 4.90 Å². The molecule has 0 radical (unpaired) electrons. The first-order chi connectivity index (χ1) is 12.6. The van der Waals surface area contributed by atoms with Crippen LogP contribution >= 0.6 is 0 Å². The van der Waals surface area contributed by atoms with Crippen molar-refractivity contribution in [1.82, 2.24) is 4.98 Å². The second kappa shape index (κ2) is 6.95. The van der Waals surface area contributed by atoms with Gasteiger partial charge in [-0.25, -0.2) is 9.18 Å². The molecule has 27 heavy (non-hydrogen) atoms. The van der Waals surface area contributed by atoms with Crippen LogP contribution in [0.3, 0.4) is 0 Å². The zero-order chi connectivity index (χ0) is 19.8. The molecular formula is C21H24FN3O2. The van der Waals surface area contributed by atoms with Gasteiger partial charge >= 0.3 is 6.09 Å². The molecule has 142 valence electrons. The third kappa shape index (κ3) is 4.22. The summed E-state index contributed by atoms with van der Waals surface area (Å²) in [7, 11) is 1.67. The number of anilines is 3. The molecule has 1 amide bonds. The van der Waals surface area contributed by atoms with Crippen LogP contribution in [0.15, 0.2) is 42.6 Å². The highest BCUT2D eigenvalue weighted by Gasteiger charge is 2.22. The number of amides is 1. The number of hydrogen-bond acceptors (Lipinski definition) is 3. The topological polar surface area (TPSA) is 57.4 Å². The van der Waals surface area contributed by atoms with Gasteiger partial charge in [-0.15, -0.1) is 0 Å². The van der Waals surface area contributed by atoms with Crippen LogP contribution in [0.4, 0.5) is 26.2 Å². The van der Waals surface area contributed by atoms with E-state index < -0.39 is 11.7 Å². The summed E-state index contributed by atoms with van der Waals surface area (Å²) in [6.45, 7) is 7.34. The summed E-state index contributed by atoms with van der Waals surface area (Å²) in [6, 6.07) is 10.7. The van der Waals surface area contributed by atoms with Crippen molar-refractivity contribution in [2.24, 2.45) is 0 Å². The number of halogens is 1. The van der Waals surface area contributed by atoms with Gasteiger partial charge < -0.3 is 15.0 Å². The average molecular weight is 369 g/mol. The molecule has 0 saturated carbocycles. The lowest BCUT2D eigenvalue weighted by Crippen LogP contribution is -2.34. The van der Waals surface area contributed by atoms with Crippen LogP contribution in [0.25, 0.3) is 10.9 Å². The van der Waals surface area contributed by atoms with Crippen LogP contribution in [0.5, 0.6) is 0 Å². The first-order valence-corrected chi connectivity index (χ1v) is 8.75. The molecule has 1 heterocycles. The Morgan fingerprint density at radius 2 is 1.93 bits per heavy atom. The number of aryl methyl sites for hydroxylation is 1. The first kappa shape index (κ1) is 18.8. The second-order valence-corrected chi connectivity index (χ2v) is 7.58. The number of nitrogens with one attached hydrogen (secondary N) is 2. The molecule has 6 heteroatoms. The molecule has 0 unspecified atom stereocenters. The normalized spacial score (nSPS) is 11.5. The predicted octanol–water partition coefficient (Wildman–Crippen LogP) is 5.73. The van der Waals surface area contributed by atoms with E-state index in [1.165, 1.54) is 11.0 Å². The van der Waals surface area contributed by atoms with Crippen LogP contribution in [-0.2, 0) is 4.74 Å². The van der Waals surface area contributed by atoms with E-state index in [0.29, 0.717) is 11.4 Å². The first-order valence-electron chi connectivity index (χ1n) is 8.75. The fraction of sp³-hybridized carbons (Fsp3) is 0.286. The lowest BCUT2D eigenvalue weighted by molar-refractivity contribution is 0.0589. The minimum absolute atomic E-state index is 0.299. The number of hydrogen-bond donors (Lipinski definition) is 2. The van der Waals surface area contributed by atoms with E-state index in [1.54, 1.807) is 19.3 Å². The van der Waals surface area contributed by atoms with Crippen molar-refractivity contribution in [3.05, 3.63) is 54.0 Å². The summed E-state index contributed by atoms with van der Waals surface area (Å²) >= 11 is 0. The SMILES string of the molecule is Cc1ccc(Nc2ccc3c(N(C)C(=O)OC(C)(C)C)c[nH]c3c2)c(F)c1. The molecule has 0 aliphatic rings. The second-order valence-electron chi connectivity index (χ2n) is 7.58. The van der Waals surface area contributed by atoms with Crippen LogP contribution in [0.2, 0.25) is 0 Å². The van der Waals surface area contributed by atoms with E-state index in [4.69, 9.17) is 4.74 Å². The lowest BCUT2D eigenvalue weighted by Gasteiger charge is -2.24. The highest BCUT2D eigenvalue weighted by Crippen LogP contribution is 2.30. The van der Waals surface area contributed by atoms with Gasteiger partial charge in [0.05, 0.1) is 11.4 Å². The molecule has 5 nitrogen and oxygen atoms in total. The molecule has 3 aromatic rings. The number of fused-ring (bicyclic) bond motifs is 1. The summed E-state index contributed by atoms with van der Waals surface area (Å²) < 4.78 is 19.5. The van der Waals surface area contributed by atoms with E-state index in [1.807, 2.05) is 52.0 Å². The van der Waals surface area contributed by atoms with Crippen LogP contribution in [0, 0.1) is 12.7 Å². The highest BCUT2D eigenvalue weighted by atomic mass is 19.1. The van der Waals surface area contributed by atoms with Gasteiger partial charge in [-0.2, -0.15) is 0 Å². The Hall–Kier alpha value is -3.02. The Morgan fingerprint density at radius 3 is 2.59 bits per heavy atom. The molecule has 3 rings (SSSR count). The zero-order valence-corrected chi connectivity index (χ0v) is 16.2. The molecule has 0 fully saturated rings. The molecule has 0 spiro atoms. The molecule has 0 bridgehead atoms. The van der Waals surface area contributed by atoms with E-state index in [2.05, 4.69) is 10.3 Å². The fourth-order valence-corrected chi connectivity index (χ4v) is 2.77.